The van der Waals surface area contributed by atoms with Crippen LogP contribution in [0, 0.1) is 0 Å². The molecule has 2 unspecified atom stereocenters. The zero-order valence-corrected chi connectivity index (χ0v) is 9.34. The molecule has 0 amide bonds. The molecule has 3 N–H and O–H groups in total. The molecule has 0 aromatic carbocycles. The summed E-state index contributed by atoms with van der Waals surface area (Å²) in [6.07, 6.45) is -0.909. The maximum absolute atomic E-state index is 9.28. The Balaban J connectivity index is 2.18. The van der Waals surface area contributed by atoms with Crippen LogP contribution < -0.4 is 0 Å². The number of hydrogen-bond acceptors (Lipinski definition) is 5. The van der Waals surface area contributed by atoms with Gasteiger partial charge in [-0.25, -0.2) is 0 Å². The summed E-state index contributed by atoms with van der Waals surface area (Å²) < 4.78 is 0. The molecule has 0 aromatic rings. The zero-order valence-electron chi connectivity index (χ0n) is 9.34. The van der Waals surface area contributed by atoms with E-state index in [1.54, 1.807) is 6.92 Å². The van der Waals surface area contributed by atoms with Crippen molar-refractivity contribution >= 4 is 0 Å². The first kappa shape index (κ1) is 12.9. The average Bonchev–Trinajstić information content (AvgIpc) is 2.20. The number of β-amino-alcohol motifs (C(OH)–C–C–N with tert-alkyl or cyclic N) is 2. The fourth-order valence-corrected chi connectivity index (χ4v) is 1.88. The second kappa shape index (κ2) is 6.40. The number of hydrogen-bond donors (Lipinski definition) is 3. The third-order valence-corrected chi connectivity index (χ3v) is 2.67. The van der Waals surface area contributed by atoms with Crippen LogP contribution >= 0.6 is 0 Å². The van der Waals surface area contributed by atoms with Gasteiger partial charge in [-0.05, 0) is 6.92 Å². The van der Waals surface area contributed by atoms with Crippen molar-refractivity contribution in [2.75, 3.05) is 45.9 Å². The number of aliphatic hydroxyl groups excluding tert-OH is 3. The second-order valence-corrected chi connectivity index (χ2v) is 4.29. The molecule has 1 aliphatic rings. The van der Waals surface area contributed by atoms with E-state index in [9.17, 15) is 10.2 Å². The highest BCUT2D eigenvalue weighted by Gasteiger charge is 2.19. The van der Waals surface area contributed by atoms with Gasteiger partial charge in [-0.1, -0.05) is 0 Å². The Bertz CT molecular complexity index is 170. The molecule has 1 aliphatic heterocycles. The summed E-state index contributed by atoms with van der Waals surface area (Å²) in [5.74, 6) is 0. The van der Waals surface area contributed by atoms with Crippen molar-refractivity contribution in [1.29, 1.82) is 0 Å². The Hall–Kier alpha value is -0.200. The van der Waals surface area contributed by atoms with Crippen molar-refractivity contribution in [2.24, 2.45) is 0 Å². The average molecular weight is 218 g/mol. The molecule has 0 spiro atoms. The van der Waals surface area contributed by atoms with Crippen LogP contribution in [0.5, 0.6) is 0 Å². The Morgan fingerprint density at radius 1 is 1.00 bits per heavy atom. The summed E-state index contributed by atoms with van der Waals surface area (Å²) >= 11 is 0. The first-order valence-electron chi connectivity index (χ1n) is 5.53. The van der Waals surface area contributed by atoms with Crippen LogP contribution in [0.25, 0.3) is 0 Å². The standard InChI is InChI=1S/C10H22N2O3/c1-9(14)6-11-2-4-12(5-3-11)7-10(15)8-13/h9-10,13-15H,2-8H2,1H3. The second-order valence-electron chi connectivity index (χ2n) is 4.29. The van der Waals surface area contributed by atoms with Crippen LogP contribution in [-0.2, 0) is 0 Å². The minimum atomic E-state index is -0.631. The zero-order chi connectivity index (χ0) is 11.3. The van der Waals surface area contributed by atoms with E-state index in [-0.39, 0.29) is 12.7 Å². The predicted octanol–water partition coefficient (Wildman–Crippen LogP) is -1.66. The Morgan fingerprint density at radius 2 is 1.47 bits per heavy atom. The van der Waals surface area contributed by atoms with E-state index in [4.69, 9.17) is 5.11 Å². The van der Waals surface area contributed by atoms with Crippen molar-refractivity contribution in [3.05, 3.63) is 0 Å². The van der Waals surface area contributed by atoms with Crippen molar-refractivity contribution in [2.45, 2.75) is 19.1 Å². The lowest BCUT2D eigenvalue weighted by Gasteiger charge is -2.35. The summed E-state index contributed by atoms with van der Waals surface area (Å²) in [5, 5.41) is 27.2. The van der Waals surface area contributed by atoms with E-state index in [1.807, 2.05) is 0 Å². The van der Waals surface area contributed by atoms with Crippen molar-refractivity contribution in [1.82, 2.24) is 9.80 Å². The third-order valence-electron chi connectivity index (χ3n) is 2.67. The first-order valence-corrected chi connectivity index (χ1v) is 5.53. The molecule has 1 heterocycles. The van der Waals surface area contributed by atoms with Crippen LogP contribution in [0.1, 0.15) is 6.92 Å². The van der Waals surface area contributed by atoms with Crippen LogP contribution in [0.3, 0.4) is 0 Å². The molecule has 0 bridgehead atoms. The lowest BCUT2D eigenvalue weighted by molar-refractivity contribution is 0.0308. The van der Waals surface area contributed by atoms with E-state index in [0.29, 0.717) is 6.54 Å². The molecule has 0 radical (unpaired) electrons. The van der Waals surface area contributed by atoms with Gasteiger partial charge in [0.1, 0.15) is 0 Å². The maximum atomic E-state index is 9.28. The van der Waals surface area contributed by atoms with Gasteiger partial charge in [0.05, 0.1) is 18.8 Å². The van der Waals surface area contributed by atoms with Gasteiger partial charge in [-0.3, -0.25) is 9.80 Å². The highest BCUT2D eigenvalue weighted by Crippen LogP contribution is 2.03. The van der Waals surface area contributed by atoms with Crippen LogP contribution in [0.15, 0.2) is 0 Å². The van der Waals surface area contributed by atoms with E-state index in [1.165, 1.54) is 0 Å². The lowest BCUT2D eigenvalue weighted by Crippen LogP contribution is -2.50. The van der Waals surface area contributed by atoms with Crippen LogP contribution in [-0.4, -0.2) is 83.2 Å². The van der Waals surface area contributed by atoms with E-state index in [2.05, 4.69) is 9.80 Å². The van der Waals surface area contributed by atoms with Crippen LogP contribution in [0.4, 0.5) is 0 Å². The van der Waals surface area contributed by atoms with Crippen molar-refractivity contribution in [3.8, 4) is 0 Å². The van der Waals surface area contributed by atoms with Gasteiger partial charge in [-0.2, -0.15) is 0 Å². The Labute approximate surface area is 90.9 Å². The molecular formula is C10H22N2O3. The molecule has 1 saturated heterocycles. The molecule has 5 nitrogen and oxygen atoms in total. The van der Waals surface area contributed by atoms with Crippen molar-refractivity contribution < 1.29 is 15.3 Å². The molecule has 0 aliphatic carbocycles. The Kier molecular flexibility index (Phi) is 5.49. The van der Waals surface area contributed by atoms with Crippen molar-refractivity contribution in [3.63, 3.8) is 0 Å². The number of piperazine rings is 1. The van der Waals surface area contributed by atoms with Gasteiger partial charge >= 0.3 is 0 Å². The summed E-state index contributed by atoms with van der Waals surface area (Å²) in [4.78, 5) is 4.35. The van der Waals surface area contributed by atoms with Gasteiger partial charge in [0.2, 0.25) is 0 Å². The number of aliphatic hydroxyl groups is 3. The smallest absolute Gasteiger partial charge is 0.0897 e. The molecular weight excluding hydrogens is 196 g/mol. The van der Waals surface area contributed by atoms with Gasteiger partial charge < -0.3 is 15.3 Å². The highest BCUT2D eigenvalue weighted by atomic mass is 16.3. The SMILES string of the molecule is CC(O)CN1CCN(CC(O)CO)CC1. The minimum absolute atomic E-state index is 0.173. The molecule has 0 aromatic heterocycles. The molecule has 1 fully saturated rings. The molecule has 15 heavy (non-hydrogen) atoms. The quantitative estimate of drug-likeness (QED) is 0.515. The number of nitrogens with zero attached hydrogens (tertiary/aromatic N) is 2. The Morgan fingerprint density at radius 3 is 1.87 bits per heavy atom. The normalized spacial score (nSPS) is 24.0. The van der Waals surface area contributed by atoms with Gasteiger partial charge in [0.15, 0.2) is 0 Å². The fraction of sp³-hybridized carbons (Fsp3) is 1.00. The lowest BCUT2D eigenvalue weighted by atomic mass is 10.2. The van der Waals surface area contributed by atoms with Crippen LogP contribution in [0.2, 0.25) is 0 Å². The summed E-state index contributed by atoms with van der Waals surface area (Å²) in [7, 11) is 0. The largest absolute Gasteiger partial charge is 0.394 e. The van der Waals surface area contributed by atoms with E-state index < -0.39 is 6.10 Å². The summed E-state index contributed by atoms with van der Waals surface area (Å²) in [5.41, 5.74) is 0. The predicted molar refractivity (Wildman–Crippen MR) is 57.7 cm³/mol. The summed E-state index contributed by atoms with van der Waals surface area (Å²) in [6, 6.07) is 0. The summed E-state index contributed by atoms with van der Waals surface area (Å²) in [6.45, 7) is 6.50. The first-order chi connectivity index (χ1) is 7.11. The monoisotopic (exact) mass is 218 g/mol. The molecule has 0 saturated carbocycles. The topological polar surface area (TPSA) is 67.2 Å². The third kappa shape index (κ3) is 4.90. The molecule has 90 valence electrons. The van der Waals surface area contributed by atoms with E-state index in [0.717, 1.165) is 32.7 Å². The number of rotatable bonds is 5. The van der Waals surface area contributed by atoms with Gasteiger partial charge in [0, 0.05) is 39.3 Å². The van der Waals surface area contributed by atoms with E-state index >= 15 is 0 Å². The maximum Gasteiger partial charge on any atom is 0.0897 e. The minimum Gasteiger partial charge on any atom is -0.394 e. The molecule has 5 heteroatoms. The van der Waals surface area contributed by atoms with Gasteiger partial charge in [0.25, 0.3) is 0 Å². The molecule has 1 rings (SSSR count). The van der Waals surface area contributed by atoms with Gasteiger partial charge in [-0.15, -0.1) is 0 Å². The fourth-order valence-electron chi connectivity index (χ4n) is 1.88. The molecule has 2 atom stereocenters. The highest BCUT2D eigenvalue weighted by molar-refractivity contribution is 4.74.